The summed E-state index contributed by atoms with van der Waals surface area (Å²) in [6.45, 7) is 5.19. The predicted molar refractivity (Wildman–Crippen MR) is 82.2 cm³/mol. The quantitative estimate of drug-likeness (QED) is 0.808. The third-order valence-corrected chi connectivity index (χ3v) is 3.79. The summed E-state index contributed by atoms with van der Waals surface area (Å²) in [4.78, 5) is 8.98. The Bertz CT molecular complexity index is 674. The van der Waals surface area contributed by atoms with E-state index in [0.29, 0.717) is 18.4 Å². The lowest BCUT2D eigenvalue weighted by molar-refractivity contribution is 0.171. The van der Waals surface area contributed by atoms with E-state index in [4.69, 9.17) is 21.1 Å². The molecule has 0 unspecified atom stereocenters. The maximum atomic E-state index is 6.24. The normalized spacial score (nSPS) is 13.3. The first-order chi connectivity index (χ1) is 10.2. The van der Waals surface area contributed by atoms with Crippen LogP contribution in [0.3, 0.4) is 0 Å². The molecule has 1 aliphatic rings. The van der Waals surface area contributed by atoms with E-state index >= 15 is 0 Å². The van der Waals surface area contributed by atoms with Crippen molar-refractivity contribution in [3.05, 3.63) is 34.7 Å². The molecule has 110 valence electrons. The number of fused-ring (bicyclic) bond motifs is 1. The molecule has 1 aromatic carbocycles. The Morgan fingerprint density at radius 3 is 2.67 bits per heavy atom. The Kier molecular flexibility index (Phi) is 3.97. The minimum absolute atomic E-state index is 0.512. The zero-order valence-corrected chi connectivity index (χ0v) is 12.9. The average molecular weight is 305 g/mol. The zero-order chi connectivity index (χ0) is 14.8. The minimum atomic E-state index is 0.512. The fraction of sp³-hybridized carbons (Fsp3) is 0.375. The van der Waals surface area contributed by atoms with Crippen molar-refractivity contribution in [3.63, 3.8) is 0 Å². The maximum absolute atomic E-state index is 6.24. The van der Waals surface area contributed by atoms with Gasteiger partial charge in [-0.1, -0.05) is 18.5 Å². The molecule has 0 saturated carbocycles. The van der Waals surface area contributed by atoms with E-state index in [2.05, 4.69) is 16.9 Å². The van der Waals surface area contributed by atoms with Crippen molar-refractivity contribution in [2.75, 3.05) is 13.2 Å². The number of hydrogen-bond acceptors (Lipinski definition) is 4. The SMILES string of the molecule is CCCc1nc(Cl)c(C)c(-c2ccc3c(c2)OCCO3)n1. The van der Waals surface area contributed by atoms with Gasteiger partial charge in [-0.25, -0.2) is 9.97 Å². The molecule has 0 aliphatic carbocycles. The molecule has 0 bridgehead atoms. The standard InChI is InChI=1S/C16H17ClN2O2/c1-3-4-14-18-15(10(2)16(17)19-14)11-5-6-12-13(9-11)21-8-7-20-12/h5-6,9H,3-4,7-8H2,1-2H3. The number of aryl methyl sites for hydroxylation is 1. The summed E-state index contributed by atoms with van der Waals surface area (Å²) in [5.74, 6) is 2.31. The predicted octanol–water partition coefficient (Wildman–Crippen LogP) is 3.83. The second-order valence-corrected chi connectivity index (χ2v) is 5.37. The molecule has 1 aliphatic heterocycles. The highest BCUT2D eigenvalue weighted by Crippen LogP contribution is 2.35. The van der Waals surface area contributed by atoms with Gasteiger partial charge in [0.25, 0.3) is 0 Å². The highest BCUT2D eigenvalue weighted by atomic mass is 35.5. The summed E-state index contributed by atoms with van der Waals surface area (Å²) in [6.07, 6.45) is 1.80. The first-order valence-corrected chi connectivity index (χ1v) is 7.50. The number of rotatable bonds is 3. The molecule has 0 atom stereocenters. The lowest BCUT2D eigenvalue weighted by atomic mass is 10.1. The van der Waals surface area contributed by atoms with Crippen molar-refractivity contribution in [2.24, 2.45) is 0 Å². The van der Waals surface area contributed by atoms with E-state index < -0.39 is 0 Å². The Hall–Kier alpha value is -1.81. The van der Waals surface area contributed by atoms with Crippen LogP contribution >= 0.6 is 11.6 Å². The van der Waals surface area contributed by atoms with Gasteiger partial charge in [0.15, 0.2) is 11.5 Å². The first-order valence-electron chi connectivity index (χ1n) is 7.12. The van der Waals surface area contributed by atoms with Crippen molar-refractivity contribution < 1.29 is 9.47 Å². The molecule has 0 fully saturated rings. The van der Waals surface area contributed by atoms with Gasteiger partial charge < -0.3 is 9.47 Å². The lowest BCUT2D eigenvalue weighted by Crippen LogP contribution is -2.15. The number of benzene rings is 1. The Balaban J connectivity index is 2.07. The molecule has 0 N–H and O–H groups in total. The van der Waals surface area contributed by atoms with Crippen LogP contribution in [-0.2, 0) is 6.42 Å². The fourth-order valence-electron chi connectivity index (χ4n) is 2.34. The van der Waals surface area contributed by atoms with E-state index in [1.165, 1.54) is 0 Å². The molecule has 2 aromatic rings. The summed E-state index contributed by atoms with van der Waals surface area (Å²) in [5, 5.41) is 0.512. The first kappa shape index (κ1) is 14.1. The van der Waals surface area contributed by atoms with Gasteiger partial charge in [0.05, 0.1) is 5.69 Å². The van der Waals surface area contributed by atoms with Crippen molar-refractivity contribution in [1.82, 2.24) is 9.97 Å². The van der Waals surface area contributed by atoms with Gasteiger partial charge in [-0.05, 0) is 31.5 Å². The smallest absolute Gasteiger partial charge is 0.162 e. The third kappa shape index (κ3) is 2.81. The molecule has 0 radical (unpaired) electrons. The number of nitrogens with zero attached hydrogens (tertiary/aromatic N) is 2. The van der Waals surface area contributed by atoms with Gasteiger partial charge in [-0.3, -0.25) is 0 Å². The monoisotopic (exact) mass is 304 g/mol. The summed E-state index contributed by atoms with van der Waals surface area (Å²) in [5.41, 5.74) is 2.71. The van der Waals surface area contributed by atoms with Crippen LogP contribution < -0.4 is 9.47 Å². The summed E-state index contributed by atoms with van der Waals surface area (Å²) in [7, 11) is 0. The topological polar surface area (TPSA) is 44.2 Å². The Labute approximate surface area is 129 Å². The van der Waals surface area contributed by atoms with Crippen molar-refractivity contribution in [1.29, 1.82) is 0 Å². The van der Waals surface area contributed by atoms with Gasteiger partial charge in [-0.15, -0.1) is 0 Å². The minimum Gasteiger partial charge on any atom is -0.486 e. The number of hydrogen-bond donors (Lipinski definition) is 0. The Morgan fingerprint density at radius 1 is 1.14 bits per heavy atom. The molecule has 0 saturated heterocycles. The second-order valence-electron chi connectivity index (χ2n) is 5.01. The van der Waals surface area contributed by atoms with Crippen LogP contribution in [-0.4, -0.2) is 23.2 Å². The molecular weight excluding hydrogens is 288 g/mol. The highest BCUT2D eigenvalue weighted by Gasteiger charge is 2.16. The summed E-state index contributed by atoms with van der Waals surface area (Å²) in [6, 6.07) is 5.85. The molecule has 1 aromatic heterocycles. The molecule has 5 heteroatoms. The van der Waals surface area contributed by atoms with E-state index in [-0.39, 0.29) is 0 Å². The van der Waals surface area contributed by atoms with Crippen molar-refractivity contribution >= 4 is 11.6 Å². The van der Waals surface area contributed by atoms with Crippen LogP contribution in [0.15, 0.2) is 18.2 Å². The number of halogens is 1. The van der Waals surface area contributed by atoms with E-state index in [1.54, 1.807) is 0 Å². The van der Waals surface area contributed by atoms with Crippen LogP contribution in [0.25, 0.3) is 11.3 Å². The Morgan fingerprint density at radius 2 is 1.90 bits per heavy atom. The van der Waals surface area contributed by atoms with Gasteiger partial charge in [-0.2, -0.15) is 0 Å². The maximum Gasteiger partial charge on any atom is 0.162 e. The molecule has 2 heterocycles. The van der Waals surface area contributed by atoms with Gasteiger partial charge in [0.1, 0.15) is 24.2 Å². The molecule has 0 spiro atoms. The van der Waals surface area contributed by atoms with Crippen LogP contribution in [0.2, 0.25) is 5.15 Å². The summed E-state index contributed by atoms with van der Waals surface area (Å²) >= 11 is 6.24. The lowest BCUT2D eigenvalue weighted by Gasteiger charge is -2.19. The van der Waals surface area contributed by atoms with Crippen LogP contribution in [0.5, 0.6) is 11.5 Å². The van der Waals surface area contributed by atoms with E-state index in [9.17, 15) is 0 Å². The molecule has 3 rings (SSSR count). The van der Waals surface area contributed by atoms with Crippen LogP contribution in [0, 0.1) is 6.92 Å². The highest BCUT2D eigenvalue weighted by molar-refractivity contribution is 6.30. The van der Waals surface area contributed by atoms with E-state index in [1.807, 2.05) is 25.1 Å². The molecule has 4 nitrogen and oxygen atoms in total. The largest absolute Gasteiger partial charge is 0.486 e. The van der Waals surface area contributed by atoms with Gasteiger partial charge >= 0.3 is 0 Å². The molecule has 0 amide bonds. The fourth-order valence-corrected chi connectivity index (χ4v) is 2.53. The van der Waals surface area contributed by atoms with Crippen molar-refractivity contribution in [3.8, 4) is 22.8 Å². The van der Waals surface area contributed by atoms with E-state index in [0.717, 1.165) is 47.0 Å². The summed E-state index contributed by atoms with van der Waals surface area (Å²) < 4.78 is 11.2. The van der Waals surface area contributed by atoms with Gasteiger partial charge in [0.2, 0.25) is 0 Å². The number of ether oxygens (including phenoxy) is 2. The number of aromatic nitrogens is 2. The third-order valence-electron chi connectivity index (χ3n) is 3.42. The second kappa shape index (κ2) is 5.90. The van der Waals surface area contributed by atoms with Crippen LogP contribution in [0.4, 0.5) is 0 Å². The average Bonchev–Trinajstić information content (AvgIpc) is 2.50. The molecule has 21 heavy (non-hydrogen) atoms. The van der Waals surface area contributed by atoms with Crippen LogP contribution in [0.1, 0.15) is 24.7 Å². The molecular formula is C16H17ClN2O2. The van der Waals surface area contributed by atoms with Crippen molar-refractivity contribution in [2.45, 2.75) is 26.7 Å². The zero-order valence-electron chi connectivity index (χ0n) is 12.1. The van der Waals surface area contributed by atoms with Gasteiger partial charge in [0, 0.05) is 17.5 Å².